The van der Waals surface area contributed by atoms with E-state index in [1.165, 1.54) is 0 Å². The summed E-state index contributed by atoms with van der Waals surface area (Å²) in [7, 11) is 0. The van der Waals surface area contributed by atoms with Crippen LogP contribution < -0.4 is 14.8 Å². The van der Waals surface area contributed by atoms with Crippen molar-refractivity contribution in [3.05, 3.63) is 24.7 Å². The van der Waals surface area contributed by atoms with Crippen LogP contribution in [0.25, 0.3) is 10.9 Å². The maximum Gasteiger partial charge on any atom is 0.134 e. The van der Waals surface area contributed by atoms with Gasteiger partial charge in [0.05, 0.1) is 17.5 Å². The Bertz CT molecular complexity index is 624. The van der Waals surface area contributed by atoms with Crippen molar-refractivity contribution in [1.82, 2.24) is 15.3 Å². The molecule has 1 aromatic heterocycles. The van der Waals surface area contributed by atoms with Crippen molar-refractivity contribution in [3.8, 4) is 11.5 Å². The summed E-state index contributed by atoms with van der Waals surface area (Å²) in [5.74, 6) is 2.11. The summed E-state index contributed by atoms with van der Waals surface area (Å²) < 4.78 is 12.1. The topological polar surface area (TPSA) is 56.3 Å². The van der Waals surface area contributed by atoms with Gasteiger partial charge in [0.25, 0.3) is 0 Å². The number of aromatic nitrogens is 2. The van der Waals surface area contributed by atoms with Gasteiger partial charge in [-0.25, -0.2) is 9.97 Å². The molecule has 1 saturated heterocycles. The second-order valence-corrected chi connectivity index (χ2v) is 6.15. The number of piperidine rings is 1. The molecule has 22 heavy (non-hydrogen) atoms. The van der Waals surface area contributed by atoms with E-state index in [0.717, 1.165) is 48.3 Å². The molecule has 5 nitrogen and oxygen atoms in total. The molecule has 0 radical (unpaired) electrons. The highest BCUT2D eigenvalue weighted by atomic mass is 16.5. The van der Waals surface area contributed by atoms with Gasteiger partial charge >= 0.3 is 0 Å². The third-order valence-corrected chi connectivity index (χ3v) is 3.72. The third kappa shape index (κ3) is 3.65. The molecule has 0 saturated carbocycles. The first-order chi connectivity index (χ1) is 10.7. The van der Waals surface area contributed by atoms with Crippen molar-refractivity contribution in [2.45, 2.75) is 32.8 Å². The normalized spacial score (nSPS) is 16.1. The molecule has 1 fully saturated rings. The summed E-state index contributed by atoms with van der Waals surface area (Å²) >= 11 is 0. The maximum absolute atomic E-state index is 6.22. The van der Waals surface area contributed by atoms with E-state index in [9.17, 15) is 0 Å². The van der Waals surface area contributed by atoms with Crippen LogP contribution in [-0.4, -0.2) is 35.8 Å². The van der Waals surface area contributed by atoms with Crippen molar-refractivity contribution in [2.24, 2.45) is 5.92 Å². The molecular weight excluding hydrogens is 278 g/mol. The fraction of sp³-hybridized carbons (Fsp3) is 0.529. The highest BCUT2D eigenvalue weighted by molar-refractivity contribution is 5.85. The number of fused-ring (bicyclic) bond motifs is 1. The SMILES string of the molecule is CC(C)COc1cc(OC2CCNCC2)c2cncnc2c1. The second-order valence-electron chi connectivity index (χ2n) is 6.15. The predicted octanol–water partition coefficient (Wildman–Crippen LogP) is 2.80. The Balaban J connectivity index is 1.87. The zero-order valence-electron chi connectivity index (χ0n) is 13.2. The Hall–Kier alpha value is -1.88. The van der Waals surface area contributed by atoms with Crippen LogP contribution in [0.4, 0.5) is 0 Å². The standard InChI is InChI=1S/C17H23N3O2/c1-12(2)10-21-14-7-16-15(9-19-11-20-16)17(8-14)22-13-3-5-18-6-4-13/h7-9,11-13,18H,3-6,10H2,1-2H3. The third-order valence-electron chi connectivity index (χ3n) is 3.72. The monoisotopic (exact) mass is 301 g/mol. The fourth-order valence-corrected chi connectivity index (χ4v) is 2.56. The highest BCUT2D eigenvalue weighted by Crippen LogP contribution is 2.31. The van der Waals surface area contributed by atoms with E-state index in [1.54, 1.807) is 6.33 Å². The van der Waals surface area contributed by atoms with E-state index in [0.29, 0.717) is 12.5 Å². The lowest BCUT2D eigenvalue weighted by Crippen LogP contribution is -2.34. The Kier molecular flexibility index (Phi) is 4.73. The van der Waals surface area contributed by atoms with Crippen LogP contribution >= 0.6 is 0 Å². The zero-order chi connectivity index (χ0) is 15.4. The van der Waals surface area contributed by atoms with Crippen LogP contribution in [0.15, 0.2) is 24.7 Å². The highest BCUT2D eigenvalue weighted by Gasteiger charge is 2.17. The summed E-state index contributed by atoms with van der Waals surface area (Å²) in [5.41, 5.74) is 0.861. The van der Waals surface area contributed by atoms with Crippen LogP contribution in [0.3, 0.4) is 0 Å². The van der Waals surface area contributed by atoms with E-state index in [2.05, 4.69) is 29.1 Å². The molecule has 0 bridgehead atoms. The van der Waals surface area contributed by atoms with Crippen LogP contribution in [-0.2, 0) is 0 Å². The van der Waals surface area contributed by atoms with E-state index in [4.69, 9.17) is 9.47 Å². The lowest BCUT2D eigenvalue weighted by Gasteiger charge is -2.24. The summed E-state index contributed by atoms with van der Waals surface area (Å²) in [4.78, 5) is 8.47. The largest absolute Gasteiger partial charge is 0.493 e. The molecule has 0 aliphatic carbocycles. The zero-order valence-corrected chi connectivity index (χ0v) is 13.2. The molecule has 1 aliphatic rings. The molecule has 0 spiro atoms. The molecule has 0 amide bonds. The lowest BCUT2D eigenvalue weighted by molar-refractivity contribution is 0.163. The van der Waals surface area contributed by atoms with Crippen molar-refractivity contribution in [2.75, 3.05) is 19.7 Å². The number of nitrogens with zero attached hydrogens (tertiary/aromatic N) is 2. The second kappa shape index (κ2) is 6.92. The summed E-state index contributed by atoms with van der Waals surface area (Å²) in [6.07, 6.45) is 5.65. The smallest absolute Gasteiger partial charge is 0.134 e. The van der Waals surface area contributed by atoms with Gasteiger partial charge in [0.15, 0.2) is 0 Å². The van der Waals surface area contributed by atoms with E-state index >= 15 is 0 Å². The van der Waals surface area contributed by atoms with Crippen LogP contribution in [0.1, 0.15) is 26.7 Å². The van der Waals surface area contributed by atoms with Crippen molar-refractivity contribution >= 4 is 10.9 Å². The van der Waals surface area contributed by atoms with E-state index in [1.807, 2.05) is 18.3 Å². The number of hydrogen-bond donors (Lipinski definition) is 1. The summed E-state index contributed by atoms with van der Waals surface area (Å²) in [6.45, 7) is 6.96. The lowest BCUT2D eigenvalue weighted by atomic mass is 10.1. The minimum atomic E-state index is 0.241. The van der Waals surface area contributed by atoms with Crippen LogP contribution in [0, 0.1) is 5.92 Å². The molecule has 2 heterocycles. The molecule has 5 heteroatoms. The fourth-order valence-electron chi connectivity index (χ4n) is 2.56. The Morgan fingerprint density at radius 1 is 1.27 bits per heavy atom. The van der Waals surface area contributed by atoms with E-state index in [-0.39, 0.29) is 6.10 Å². The van der Waals surface area contributed by atoms with Gasteiger partial charge in [-0.15, -0.1) is 0 Å². The molecule has 1 aromatic carbocycles. The molecule has 2 aromatic rings. The molecular formula is C17H23N3O2. The van der Waals surface area contributed by atoms with Gasteiger partial charge in [0.1, 0.15) is 23.9 Å². The first-order valence-electron chi connectivity index (χ1n) is 7.96. The molecule has 3 rings (SSSR count). The molecule has 1 N–H and O–H groups in total. The van der Waals surface area contributed by atoms with Gasteiger partial charge in [-0.05, 0) is 31.8 Å². The van der Waals surface area contributed by atoms with Crippen LogP contribution in [0.5, 0.6) is 11.5 Å². The minimum Gasteiger partial charge on any atom is -0.493 e. The van der Waals surface area contributed by atoms with Crippen molar-refractivity contribution in [3.63, 3.8) is 0 Å². The average molecular weight is 301 g/mol. The predicted molar refractivity (Wildman–Crippen MR) is 86.4 cm³/mol. The number of hydrogen-bond acceptors (Lipinski definition) is 5. The van der Waals surface area contributed by atoms with Gasteiger partial charge in [-0.2, -0.15) is 0 Å². The van der Waals surface area contributed by atoms with Gasteiger partial charge in [-0.1, -0.05) is 13.8 Å². The quantitative estimate of drug-likeness (QED) is 0.920. The van der Waals surface area contributed by atoms with Gasteiger partial charge in [0, 0.05) is 18.3 Å². The summed E-state index contributed by atoms with van der Waals surface area (Å²) in [5, 5.41) is 4.29. The van der Waals surface area contributed by atoms with Crippen molar-refractivity contribution in [1.29, 1.82) is 0 Å². The number of nitrogens with one attached hydrogen (secondary N) is 1. The maximum atomic E-state index is 6.22. The Morgan fingerprint density at radius 2 is 2.09 bits per heavy atom. The summed E-state index contributed by atoms with van der Waals surface area (Å²) in [6, 6.07) is 3.92. The first-order valence-corrected chi connectivity index (χ1v) is 7.96. The van der Waals surface area contributed by atoms with Gasteiger partial charge < -0.3 is 14.8 Å². The Morgan fingerprint density at radius 3 is 2.86 bits per heavy atom. The molecule has 0 unspecified atom stereocenters. The first kappa shape index (κ1) is 15.0. The average Bonchev–Trinajstić information content (AvgIpc) is 2.54. The number of rotatable bonds is 5. The molecule has 118 valence electrons. The Labute approximate surface area is 131 Å². The van der Waals surface area contributed by atoms with Crippen molar-refractivity contribution < 1.29 is 9.47 Å². The number of ether oxygens (including phenoxy) is 2. The number of benzene rings is 1. The van der Waals surface area contributed by atoms with Gasteiger partial charge in [-0.3, -0.25) is 0 Å². The van der Waals surface area contributed by atoms with E-state index < -0.39 is 0 Å². The molecule has 0 atom stereocenters. The minimum absolute atomic E-state index is 0.241. The molecule has 1 aliphatic heterocycles. The van der Waals surface area contributed by atoms with Gasteiger partial charge in [0.2, 0.25) is 0 Å². The van der Waals surface area contributed by atoms with Crippen LogP contribution in [0.2, 0.25) is 0 Å².